The van der Waals surface area contributed by atoms with Crippen LogP contribution in [0.2, 0.25) is 0 Å². The highest BCUT2D eigenvalue weighted by Crippen LogP contribution is 2.26. The molecule has 0 bridgehead atoms. The summed E-state index contributed by atoms with van der Waals surface area (Å²) >= 11 is 0. The summed E-state index contributed by atoms with van der Waals surface area (Å²) in [6, 6.07) is 7.23. The quantitative estimate of drug-likeness (QED) is 0.886. The number of rotatable bonds is 4. The van der Waals surface area contributed by atoms with Crippen molar-refractivity contribution in [1.82, 2.24) is 10.2 Å². The molecule has 0 radical (unpaired) electrons. The van der Waals surface area contributed by atoms with Crippen LogP contribution in [0.3, 0.4) is 0 Å². The maximum absolute atomic E-state index is 10.0. The lowest BCUT2D eigenvalue weighted by atomic mass is 9.99. The number of aromatic hydroxyl groups is 1. The molecule has 1 atom stereocenters. The summed E-state index contributed by atoms with van der Waals surface area (Å²) in [6.45, 7) is 11.1. The number of nitrogens with one attached hydrogen (secondary N) is 1. The number of likely N-dealkylation sites (tertiary alicyclic amines) is 1. The van der Waals surface area contributed by atoms with Gasteiger partial charge in [-0.3, -0.25) is 0 Å². The average molecular weight is 276 g/mol. The van der Waals surface area contributed by atoms with Gasteiger partial charge in [0.05, 0.1) is 0 Å². The molecule has 2 N–H and O–H groups in total. The Balaban J connectivity index is 1.92. The van der Waals surface area contributed by atoms with Gasteiger partial charge in [-0.15, -0.1) is 0 Å². The Kier molecular flexibility index (Phi) is 5.06. The third kappa shape index (κ3) is 3.74. The van der Waals surface area contributed by atoms with E-state index in [2.05, 4.69) is 44.0 Å². The standard InChI is InChI=1S/C17H28N2O/c1-12(2)19-9-7-15(8-10-19)18-14(4)16-11-13(3)5-6-17(16)20/h5-6,11-12,14-15,18,20H,7-10H2,1-4H3. The minimum Gasteiger partial charge on any atom is -0.508 e. The Morgan fingerprint density at radius 2 is 1.85 bits per heavy atom. The van der Waals surface area contributed by atoms with Gasteiger partial charge in [-0.25, -0.2) is 0 Å². The average Bonchev–Trinajstić information content (AvgIpc) is 2.42. The first-order valence-corrected chi connectivity index (χ1v) is 7.77. The van der Waals surface area contributed by atoms with Crippen molar-refractivity contribution in [2.24, 2.45) is 0 Å². The van der Waals surface area contributed by atoms with E-state index < -0.39 is 0 Å². The molecule has 3 nitrogen and oxygen atoms in total. The van der Waals surface area contributed by atoms with Crippen molar-refractivity contribution in [1.29, 1.82) is 0 Å². The molecule has 1 aromatic carbocycles. The van der Waals surface area contributed by atoms with Gasteiger partial charge in [-0.2, -0.15) is 0 Å². The lowest BCUT2D eigenvalue weighted by Crippen LogP contribution is -2.45. The van der Waals surface area contributed by atoms with Gasteiger partial charge in [0.25, 0.3) is 0 Å². The second kappa shape index (κ2) is 6.59. The van der Waals surface area contributed by atoms with E-state index in [4.69, 9.17) is 0 Å². The summed E-state index contributed by atoms with van der Waals surface area (Å²) in [7, 11) is 0. The van der Waals surface area contributed by atoms with E-state index in [0.29, 0.717) is 17.8 Å². The number of hydrogen-bond acceptors (Lipinski definition) is 3. The monoisotopic (exact) mass is 276 g/mol. The van der Waals surface area contributed by atoms with Crippen LogP contribution in [-0.2, 0) is 0 Å². The zero-order chi connectivity index (χ0) is 14.7. The van der Waals surface area contributed by atoms with E-state index in [0.717, 1.165) is 5.56 Å². The molecule has 2 rings (SSSR count). The fourth-order valence-corrected chi connectivity index (χ4v) is 3.05. The Morgan fingerprint density at radius 3 is 2.45 bits per heavy atom. The van der Waals surface area contributed by atoms with Crippen molar-refractivity contribution in [2.75, 3.05) is 13.1 Å². The van der Waals surface area contributed by atoms with E-state index in [1.165, 1.54) is 31.5 Å². The van der Waals surface area contributed by atoms with Gasteiger partial charge in [0.15, 0.2) is 0 Å². The molecule has 0 saturated carbocycles. The number of benzene rings is 1. The number of aryl methyl sites for hydroxylation is 1. The first-order valence-electron chi connectivity index (χ1n) is 7.77. The van der Waals surface area contributed by atoms with E-state index in [9.17, 15) is 5.11 Å². The molecule has 1 aliphatic heterocycles. The number of phenols is 1. The van der Waals surface area contributed by atoms with E-state index in [1.54, 1.807) is 6.07 Å². The minimum absolute atomic E-state index is 0.200. The van der Waals surface area contributed by atoms with E-state index in [1.807, 2.05) is 6.07 Å². The second-order valence-electron chi connectivity index (χ2n) is 6.35. The molecule has 0 aliphatic carbocycles. The van der Waals surface area contributed by atoms with Gasteiger partial charge in [0.2, 0.25) is 0 Å². The van der Waals surface area contributed by atoms with Crippen molar-refractivity contribution in [3.05, 3.63) is 29.3 Å². The van der Waals surface area contributed by atoms with Crippen LogP contribution in [0.1, 0.15) is 50.8 Å². The highest BCUT2D eigenvalue weighted by Gasteiger charge is 2.22. The molecule has 20 heavy (non-hydrogen) atoms. The zero-order valence-electron chi connectivity index (χ0n) is 13.2. The molecular weight excluding hydrogens is 248 g/mol. The van der Waals surface area contributed by atoms with E-state index >= 15 is 0 Å². The zero-order valence-corrected chi connectivity index (χ0v) is 13.2. The fourth-order valence-electron chi connectivity index (χ4n) is 3.05. The summed E-state index contributed by atoms with van der Waals surface area (Å²) in [6.07, 6.45) is 2.38. The van der Waals surface area contributed by atoms with Crippen molar-refractivity contribution in [2.45, 2.75) is 58.7 Å². The second-order valence-corrected chi connectivity index (χ2v) is 6.35. The topological polar surface area (TPSA) is 35.5 Å². The molecule has 1 heterocycles. The van der Waals surface area contributed by atoms with Gasteiger partial charge in [0.1, 0.15) is 5.75 Å². The third-order valence-electron chi connectivity index (χ3n) is 4.40. The van der Waals surface area contributed by atoms with Crippen LogP contribution in [0.15, 0.2) is 18.2 Å². The fraction of sp³-hybridized carbons (Fsp3) is 0.647. The summed E-state index contributed by atoms with van der Waals surface area (Å²) < 4.78 is 0. The van der Waals surface area contributed by atoms with E-state index in [-0.39, 0.29) is 6.04 Å². The van der Waals surface area contributed by atoms with Crippen molar-refractivity contribution < 1.29 is 5.11 Å². The Hall–Kier alpha value is -1.06. The molecule has 0 aromatic heterocycles. The summed E-state index contributed by atoms with van der Waals surface area (Å²) in [5.74, 6) is 0.398. The van der Waals surface area contributed by atoms with Crippen LogP contribution in [0.5, 0.6) is 5.75 Å². The highest BCUT2D eigenvalue weighted by molar-refractivity contribution is 5.37. The van der Waals surface area contributed by atoms with Crippen LogP contribution in [0.4, 0.5) is 0 Å². The SMILES string of the molecule is Cc1ccc(O)c(C(C)NC2CCN(C(C)C)CC2)c1. The highest BCUT2D eigenvalue weighted by atomic mass is 16.3. The molecule has 1 aliphatic rings. The first-order chi connectivity index (χ1) is 9.47. The number of phenolic OH excluding ortho intramolecular Hbond substituents is 1. The molecule has 1 saturated heterocycles. The smallest absolute Gasteiger partial charge is 0.120 e. The minimum atomic E-state index is 0.200. The largest absolute Gasteiger partial charge is 0.508 e. The van der Waals surface area contributed by atoms with Crippen LogP contribution in [0, 0.1) is 6.92 Å². The Morgan fingerprint density at radius 1 is 1.20 bits per heavy atom. The van der Waals surface area contributed by atoms with Gasteiger partial charge in [-0.1, -0.05) is 17.7 Å². The predicted molar refractivity (Wildman–Crippen MR) is 84.1 cm³/mol. The Labute approximate surface area is 123 Å². The lowest BCUT2D eigenvalue weighted by molar-refractivity contribution is 0.157. The van der Waals surface area contributed by atoms with Crippen molar-refractivity contribution >= 4 is 0 Å². The first kappa shape index (κ1) is 15.3. The predicted octanol–water partition coefficient (Wildman–Crippen LogP) is 3.22. The molecule has 0 spiro atoms. The maximum Gasteiger partial charge on any atom is 0.120 e. The van der Waals surface area contributed by atoms with Crippen LogP contribution < -0.4 is 5.32 Å². The summed E-state index contributed by atoms with van der Waals surface area (Å²) in [5.41, 5.74) is 2.21. The number of hydrogen-bond donors (Lipinski definition) is 2. The van der Waals surface area contributed by atoms with Crippen LogP contribution in [-0.4, -0.2) is 35.2 Å². The molecule has 1 unspecified atom stereocenters. The molecule has 1 fully saturated rings. The Bertz CT molecular complexity index is 437. The maximum atomic E-state index is 10.0. The van der Waals surface area contributed by atoms with Gasteiger partial charge < -0.3 is 15.3 Å². The van der Waals surface area contributed by atoms with Crippen LogP contribution in [0.25, 0.3) is 0 Å². The third-order valence-corrected chi connectivity index (χ3v) is 4.40. The molecule has 0 amide bonds. The van der Waals surface area contributed by atoms with Crippen molar-refractivity contribution in [3.8, 4) is 5.75 Å². The normalized spacial score (nSPS) is 19.4. The van der Waals surface area contributed by atoms with Gasteiger partial charge >= 0.3 is 0 Å². The van der Waals surface area contributed by atoms with Crippen molar-refractivity contribution in [3.63, 3.8) is 0 Å². The lowest BCUT2D eigenvalue weighted by Gasteiger charge is -2.36. The number of piperidine rings is 1. The van der Waals surface area contributed by atoms with Crippen LogP contribution >= 0.6 is 0 Å². The molecule has 112 valence electrons. The summed E-state index contributed by atoms with van der Waals surface area (Å²) in [4.78, 5) is 2.53. The molecule has 3 heteroatoms. The summed E-state index contributed by atoms with van der Waals surface area (Å²) in [5, 5.41) is 13.7. The molecule has 1 aromatic rings. The number of nitrogens with zero attached hydrogens (tertiary/aromatic N) is 1. The van der Waals surface area contributed by atoms with Gasteiger partial charge in [0, 0.05) is 23.7 Å². The molecular formula is C17H28N2O. The van der Waals surface area contributed by atoms with Gasteiger partial charge in [-0.05, 0) is 59.7 Å².